The molecular formula is C5H8N4O. The number of nitrogens with two attached hydrogens (primary N) is 2. The molecule has 0 aromatic carbocycles. The summed E-state index contributed by atoms with van der Waals surface area (Å²) < 4.78 is 1.19. The van der Waals surface area contributed by atoms with Gasteiger partial charge >= 0.3 is 0 Å². The summed E-state index contributed by atoms with van der Waals surface area (Å²) in [5.74, 6) is 0.166. The summed E-state index contributed by atoms with van der Waals surface area (Å²) in [6.07, 6.45) is 1.25. The minimum absolute atomic E-state index is 0.108. The van der Waals surface area contributed by atoms with Crippen LogP contribution in [0.25, 0.3) is 0 Å². The van der Waals surface area contributed by atoms with Crippen molar-refractivity contribution in [2.75, 3.05) is 11.5 Å². The molecule has 0 aliphatic rings. The fraction of sp³-hybridized carbons (Fsp3) is 0.200. The lowest BCUT2D eigenvalue weighted by molar-refractivity contribution is 0.847. The lowest BCUT2D eigenvalue weighted by atomic mass is 10.5. The topological polar surface area (TPSA) is 86.9 Å². The molecule has 1 aromatic heterocycles. The van der Waals surface area contributed by atoms with Crippen LogP contribution < -0.4 is 17.0 Å². The van der Waals surface area contributed by atoms with Gasteiger partial charge in [-0.3, -0.25) is 9.36 Å². The molecule has 1 aromatic rings. The van der Waals surface area contributed by atoms with Crippen molar-refractivity contribution in [1.29, 1.82) is 0 Å². The molecule has 0 aliphatic heterocycles. The number of hydrogen-bond acceptors (Lipinski definition) is 4. The van der Waals surface area contributed by atoms with Crippen LogP contribution in [0.1, 0.15) is 0 Å². The van der Waals surface area contributed by atoms with Crippen molar-refractivity contribution >= 4 is 11.6 Å². The van der Waals surface area contributed by atoms with Crippen LogP contribution in [0.15, 0.2) is 11.0 Å². The predicted octanol–water partition coefficient (Wildman–Crippen LogP) is -1.06. The van der Waals surface area contributed by atoms with Gasteiger partial charge in [0.05, 0.1) is 6.20 Å². The zero-order valence-corrected chi connectivity index (χ0v) is 5.53. The molecule has 5 nitrogen and oxygen atoms in total. The van der Waals surface area contributed by atoms with Crippen LogP contribution in [-0.4, -0.2) is 9.55 Å². The van der Waals surface area contributed by atoms with Crippen molar-refractivity contribution in [2.24, 2.45) is 7.05 Å². The van der Waals surface area contributed by atoms with E-state index >= 15 is 0 Å². The second-order valence-corrected chi connectivity index (χ2v) is 1.94. The van der Waals surface area contributed by atoms with E-state index in [1.54, 1.807) is 0 Å². The summed E-state index contributed by atoms with van der Waals surface area (Å²) >= 11 is 0. The highest BCUT2D eigenvalue weighted by molar-refractivity contribution is 5.35. The molecule has 54 valence electrons. The predicted molar refractivity (Wildman–Crippen MR) is 38.3 cm³/mol. The molecule has 0 saturated carbocycles. The van der Waals surface area contributed by atoms with E-state index in [0.29, 0.717) is 0 Å². The van der Waals surface area contributed by atoms with E-state index in [9.17, 15) is 4.79 Å². The molecule has 0 bridgehead atoms. The van der Waals surface area contributed by atoms with Crippen LogP contribution in [0.3, 0.4) is 0 Å². The summed E-state index contributed by atoms with van der Waals surface area (Å²) in [4.78, 5) is 14.6. The quantitative estimate of drug-likeness (QED) is 0.481. The highest BCUT2D eigenvalue weighted by Crippen LogP contribution is 1.92. The van der Waals surface area contributed by atoms with Gasteiger partial charge in [-0.15, -0.1) is 0 Å². The number of nitrogens with zero attached hydrogens (tertiary/aromatic N) is 2. The molecule has 10 heavy (non-hydrogen) atoms. The molecule has 0 fully saturated rings. The first-order chi connectivity index (χ1) is 4.63. The number of hydrogen-bond donors (Lipinski definition) is 2. The molecule has 1 heterocycles. The van der Waals surface area contributed by atoms with Crippen molar-refractivity contribution in [3.63, 3.8) is 0 Å². The fourth-order valence-corrected chi connectivity index (χ4v) is 0.575. The van der Waals surface area contributed by atoms with Gasteiger partial charge in [0.2, 0.25) is 5.95 Å². The number of aromatic nitrogens is 2. The van der Waals surface area contributed by atoms with Crippen molar-refractivity contribution in [3.05, 3.63) is 16.6 Å². The molecule has 0 radical (unpaired) electrons. The van der Waals surface area contributed by atoms with Crippen LogP contribution in [0, 0.1) is 0 Å². The van der Waals surface area contributed by atoms with Crippen LogP contribution >= 0.6 is 0 Å². The van der Waals surface area contributed by atoms with E-state index < -0.39 is 0 Å². The van der Waals surface area contributed by atoms with Crippen molar-refractivity contribution in [1.82, 2.24) is 9.55 Å². The van der Waals surface area contributed by atoms with Crippen LogP contribution in [0.5, 0.6) is 0 Å². The minimum atomic E-state index is -0.312. The summed E-state index contributed by atoms with van der Waals surface area (Å²) in [5, 5.41) is 0. The van der Waals surface area contributed by atoms with Gasteiger partial charge in [-0.25, -0.2) is 4.98 Å². The average molecular weight is 140 g/mol. The minimum Gasteiger partial charge on any atom is -0.393 e. The lowest BCUT2D eigenvalue weighted by Crippen LogP contribution is -2.23. The third-order valence-electron chi connectivity index (χ3n) is 1.23. The van der Waals surface area contributed by atoms with Gasteiger partial charge in [-0.2, -0.15) is 0 Å². The Hall–Kier alpha value is -1.52. The third-order valence-corrected chi connectivity index (χ3v) is 1.23. The van der Waals surface area contributed by atoms with Gasteiger partial charge in [0.25, 0.3) is 5.56 Å². The smallest absolute Gasteiger partial charge is 0.277 e. The summed E-state index contributed by atoms with van der Waals surface area (Å²) in [7, 11) is 1.51. The van der Waals surface area contributed by atoms with Crippen molar-refractivity contribution < 1.29 is 0 Å². The number of anilines is 2. The Kier molecular flexibility index (Phi) is 1.33. The Morgan fingerprint density at radius 2 is 2.20 bits per heavy atom. The monoisotopic (exact) mass is 140 g/mol. The standard InChI is InChI=1S/C5H8N4O/c1-9-4(10)3(6)2-8-5(9)7/h2H,6H2,1H3,(H2,7,8). The molecule has 0 saturated heterocycles. The van der Waals surface area contributed by atoms with E-state index in [2.05, 4.69) is 4.98 Å². The van der Waals surface area contributed by atoms with Gasteiger partial charge in [-0.05, 0) is 0 Å². The summed E-state index contributed by atoms with van der Waals surface area (Å²) in [6.45, 7) is 0. The third kappa shape index (κ3) is 0.812. The molecule has 0 amide bonds. The first-order valence-electron chi connectivity index (χ1n) is 2.70. The van der Waals surface area contributed by atoms with E-state index in [1.165, 1.54) is 17.8 Å². The molecule has 0 spiro atoms. The summed E-state index contributed by atoms with van der Waals surface area (Å²) in [5.41, 5.74) is 10.3. The second-order valence-electron chi connectivity index (χ2n) is 1.94. The molecule has 1 rings (SSSR count). The lowest BCUT2D eigenvalue weighted by Gasteiger charge is -2.00. The highest BCUT2D eigenvalue weighted by Gasteiger charge is 1.98. The van der Waals surface area contributed by atoms with Gasteiger partial charge in [0, 0.05) is 7.05 Å². The Morgan fingerprint density at radius 3 is 2.70 bits per heavy atom. The van der Waals surface area contributed by atoms with Gasteiger partial charge < -0.3 is 11.5 Å². The second kappa shape index (κ2) is 2.02. The van der Waals surface area contributed by atoms with E-state index in [4.69, 9.17) is 11.5 Å². The molecule has 0 aliphatic carbocycles. The Balaban J connectivity index is 3.50. The Bertz CT molecular complexity index is 303. The van der Waals surface area contributed by atoms with Crippen LogP contribution in [-0.2, 0) is 7.05 Å². The average Bonchev–Trinajstić information content (AvgIpc) is 1.93. The van der Waals surface area contributed by atoms with E-state index in [-0.39, 0.29) is 17.2 Å². The van der Waals surface area contributed by atoms with Gasteiger partial charge in [0.1, 0.15) is 5.69 Å². The Morgan fingerprint density at radius 1 is 1.60 bits per heavy atom. The molecule has 4 N–H and O–H groups in total. The first kappa shape index (κ1) is 6.60. The zero-order valence-electron chi connectivity index (χ0n) is 5.53. The Labute approximate surface area is 57.3 Å². The fourth-order valence-electron chi connectivity index (χ4n) is 0.575. The maximum absolute atomic E-state index is 10.9. The van der Waals surface area contributed by atoms with Gasteiger partial charge in [-0.1, -0.05) is 0 Å². The highest BCUT2D eigenvalue weighted by atomic mass is 16.1. The number of rotatable bonds is 0. The first-order valence-corrected chi connectivity index (χ1v) is 2.70. The van der Waals surface area contributed by atoms with E-state index in [1.807, 2.05) is 0 Å². The molecular weight excluding hydrogens is 132 g/mol. The molecule has 5 heteroatoms. The SMILES string of the molecule is Cn1c(N)ncc(N)c1=O. The maximum Gasteiger partial charge on any atom is 0.277 e. The zero-order chi connectivity index (χ0) is 7.72. The number of nitrogen functional groups attached to an aromatic ring is 2. The molecule has 0 atom stereocenters. The van der Waals surface area contributed by atoms with Crippen LogP contribution in [0.4, 0.5) is 11.6 Å². The maximum atomic E-state index is 10.9. The molecule has 0 unspecified atom stereocenters. The van der Waals surface area contributed by atoms with Crippen molar-refractivity contribution in [3.8, 4) is 0 Å². The largest absolute Gasteiger partial charge is 0.393 e. The van der Waals surface area contributed by atoms with Crippen molar-refractivity contribution in [2.45, 2.75) is 0 Å². The van der Waals surface area contributed by atoms with Crippen LogP contribution in [0.2, 0.25) is 0 Å². The van der Waals surface area contributed by atoms with E-state index in [0.717, 1.165) is 0 Å². The normalized spacial score (nSPS) is 9.70. The van der Waals surface area contributed by atoms with Gasteiger partial charge in [0.15, 0.2) is 0 Å². The summed E-state index contributed by atoms with van der Waals surface area (Å²) in [6, 6.07) is 0.